The van der Waals surface area contributed by atoms with E-state index < -0.39 is 13.4 Å². The minimum absolute atomic E-state index is 0. The average molecular weight is 134 g/mol. The fraction of sp³-hybridized carbons (Fsp3) is 1.00. The molecule has 8 heavy (non-hydrogen) atoms. The Hall–Kier alpha value is 0.415. The van der Waals surface area contributed by atoms with Crippen LogP contribution in [0.15, 0.2) is 0 Å². The van der Waals surface area contributed by atoms with E-state index in [1.807, 2.05) is 13.3 Å². The first-order valence-corrected chi connectivity index (χ1v) is 4.70. The van der Waals surface area contributed by atoms with Crippen LogP contribution in [-0.2, 0) is 0 Å². The van der Waals surface area contributed by atoms with Crippen molar-refractivity contribution < 1.29 is 10.2 Å². The van der Waals surface area contributed by atoms with Gasteiger partial charge < -0.3 is 18.6 Å². The van der Waals surface area contributed by atoms with Gasteiger partial charge in [0.15, 0.2) is 0 Å². The molecule has 0 rings (SSSR count). The van der Waals surface area contributed by atoms with Crippen molar-refractivity contribution in [2.24, 2.45) is 0 Å². The van der Waals surface area contributed by atoms with Gasteiger partial charge in [0.25, 0.3) is 5.53 Å². The summed E-state index contributed by atoms with van der Waals surface area (Å²) in [5, 5.41) is 17.4. The van der Waals surface area contributed by atoms with Crippen LogP contribution in [0, 0.1) is 0 Å². The van der Waals surface area contributed by atoms with Gasteiger partial charge in [-0.05, 0) is 0 Å². The highest BCUT2D eigenvalue weighted by Gasteiger charge is 2.26. The van der Waals surface area contributed by atoms with Crippen molar-refractivity contribution in [1.29, 1.82) is 0 Å². The van der Waals surface area contributed by atoms with Crippen LogP contribution >= 0.6 is 7.92 Å². The molecule has 0 unspecified atom stereocenters. The van der Waals surface area contributed by atoms with Gasteiger partial charge in [-0.1, -0.05) is 0 Å². The molecular formula is C4H12BO2P. The van der Waals surface area contributed by atoms with E-state index in [1.165, 1.54) is 6.92 Å². The lowest BCUT2D eigenvalue weighted by atomic mass is 10.8. The van der Waals surface area contributed by atoms with Crippen molar-refractivity contribution >= 4 is 16.3 Å². The molecule has 0 aliphatic heterocycles. The highest BCUT2D eigenvalue weighted by Crippen LogP contribution is 2.37. The second-order valence-corrected chi connectivity index (χ2v) is 4.97. The summed E-state index contributed by atoms with van der Waals surface area (Å²) in [4.78, 5) is 0. The molecule has 0 atom stereocenters. The topological polar surface area (TPSA) is 40.5 Å². The standard InChI is InChI=1S/C4H11O2P.B/c1-4(5,6)7(2)3;/h5-6H,1-3H3;/q;-1/p+1. The van der Waals surface area contributed by atoms with Gasteiger partial charge in [0.05, 0.1) is 21.3 Å². The highest BCUT2D eigenvalue weighted by molar-refractivity contribution is 7.57. The Morgan fingerprint density at radius 2 is 1.38 bits per heavy atom. The molecule has 2 nitrogen and oxygen atoms in total. The maximum Gasteiger partial charge on any atom is 0.272 e. The number of hydrogen-bond donors (Lipinski definition) is 2. The zero-order chi connectivity index (χ0) is 6.08. The second-order valence-electron chi connectivity index (χ2n) is 2.02. The minimum Gasteiger partial charge on any atom is -1.00 e. The molecule has 0 spiro atoms. The van der Waals surface area contributed by atoms with Gasteiger partial charge in [0, 0.05) is 6.92 Å². The Morgan fingerprint density at radius 1 is 1.25 bits per heavy atom. The molecule has 0 bridgehead atoms. The zero-order valence-corrected chi connectivity index (χ0v) is 6.47. The zero-order valence-electron chi connectivity index (χ0n) is 5.47. The third-order valence-corrected chi connectivity index (χ3v) is 2.84. The molecule has 0 amide bonds. The van der Waals surface area contributed by atoms with Crippen molar-refractivity contribution in [3.05, 3.63) is 0 Å². The van der Waals surface area contributed by atoms with E-state index in [0.717, 1.165) is 0 Å². The lowest BCUT2D eigenvalue weighted by Gasteiger charge is -2.12. The van der Waals surface area contributed by atoms with Crippen LogP contribution in [0.3, 0.4) is 0 Å². The van der Waals surface area contributed by atoms with Gasteiger partial charge in [-0.25, -0.2) is 0 Å². The minimum atomic E-state index is -1.40. The molecule has 0 aromatic rings. The Morgan fingerprint density at radius 3 is 1.38 bits per heavy atom. The monoisotopic (exact) mass is 134 g/mol. The molecule has 0 saturated carbocycles. The van der Waals surface area contributed by atoms with Crippen LogP contribution in [0.2, 0.25) is 0 Å². The predicted molar refractivity (Wildman–Crippen MR) is 38.8 cm³/mol. The summed E-state index contributed by atoms with van der Waals surface area (Å²) in [5.74, 6) is 0. The van der Waals surface area contributed by atoms with E-state index in [1.54, 1.807) is 0 Å². The highest BCUT2D eigenvalue weighted by atomic mass is 31.1. The predicted octanol–water partition coefficient (Wildman–Crippen LogP) is -0.262. The van der Waals surface area contributed by atoms with Crippen molar-refractivity contribution in [2.75, 3.05) is 13.3 Å². The average Bonchev–Trinajstić information content (AvgIpc) is 1.31. The van der Waals surface area contributed by atoms with E-state index in [4.69, 9.17) is 10.2 Å². The van der Waals surface area contributed by atoms with Crippen molar-refractivity contribution in [3.63, 3.8) is 0 Å². The van der Waals surface area contributed by atoms with Gasteiger partial charge in [-0.15, -0.1) is 0 Å². The fourth-order valence-electron chi connectivity index (χ4n) is 0. The van der Waals surface area contributed by atoms with Crippen molar-refractivity contribution in [3.8, 4) is 0 Å². The maximum atomic E-state index is 8.70. The lowest BCUT2D eigenvalue weighted by Crippen LogP contribution is -2.18. The normalized spacial score (nSPS) is 11.2. The number of aliphatic hydroxyl groups is 2. The van der Waals surface area contributed by atoms with Crippen molar-refractivity contribution in [2.45, 2.75) is 12.5 Å². The van der Waals surface area contributed by atoms with Crippen LogP contribution in [0.1, 0.15) is 6.92 Å². The summed E-state index contributed by atoms with van der Waals surface area (Å²) >= 11 is 0. The molecule has 0 saturated heterocycles. The van der Waals surface area contributed by atoms with Gasteiger partial charge >= 0.3 is 0 Å². The Kier molecular flexibility index (Phi) is 4.84. The largest absolute Gasteiger partial charge is 1.00 e. The molecule has 4 heteroatoms. The molecule has 0 aromatic heterocycles. The Balaban J connectivity index is 0. The van der Waals surface area contributed by atoms with E-state index >= 15 is 0 Å². The fourth-order valence-corrected chi connectivity index (χ4v) is 0. The number of hydrogen-bond acceptors (Lipinski definition) is 2. The van der Waals surface area contributed by atoms with E-state index in [-0.39, 0.29) is 8.41 Å². The molecule has 0 fully saturated rings. The first-order valence-electron chi connectivity index (χ1n) is 2.20. The molecule has 2 N–H and O–H groups in total. The summed E-state index contributed by atoms with van der Waals surface area (Å²) in [6, 6.07) is 0. The first-order chi connectivity index (χ1) is 2.94. The molecule has 0 aliphatic carbocycles. The van der Waals surface area contributed by atoms with Crippen LogP contribution in [0.25, 0.3) is 0 Å². The third-order valence-electron chi connectivity index (χ3n) is 0.947. The smallest absolute Gasteiger partial charge is 0.272 e. The van der Waals surface area contributed by atoms with E-state index in [0.29, 0.717) is 0 Å². The van der Waals surface area contributed by atoms with Gasteiger partial charge in [-0.3, -0.25) is 0 Å². The Bertz CT molecular complexity index is 59.5. The van der Waals surface area contributed by atoms with E-state index in [9.17, 15) is 0 Å². The summed E-state index contributed by atoms with van der Waals surface area (Å²) in [6.45, 7) is 5.12. The first kappa shape index (κ1) is 11.2. The van der Waals surface area contributed by atoms with E-state index in [2.05, 4.69) is 0 Å². The van der Waals surface area contributed by atoms with Crippen LogP contribution in [0.4, 0.5) is 0 Å². The summed E-state index contributed by atoms with van der Waals surface area (Å²) in [7, 11) is -0.939. The second kappa shape index (κ2) is 3.44. The summed E-state index contributed by atoms with van der Waals surface area (Å²) < 4.78 is 0. The molecule has 0 aliphatic rings. The van der Waals surface area contributed by atoms with Crippen LogP contribution in [0.5, 0.6) is 0 Å². The summed E-state index contributed by atoms with van der Waals surface area (Å²) in [6.07, 6.45) is 0. The van der Waals surface area contributed by atoms with Gasteiger partial charge in [0.2, 0.25) is 0 Å². The van der Waals surface area contributed by atoms with Crippen molar-refractivity contribution in [1.82, 2.24) is 0 Å². The summed E-state index contributed by atoms with van der Waals surface area (Å²) in [5.41, 5.74) is -1.40. The maximum absolute atomic E-state index is 8.70. The Labute approximate surface area is 53.2 Å². The quantitative estimate of drug-likeness (QED) is 0.294. The molecule has 0 aromatic carbocycles. The third kappa shape index (κ3) is 4.57. The lowest BCUT2D eigenvalue weighted by molar-refractivity contribution is -0.0645. The molecule has 0 heterocycles. The molecular weight excluding hydrogens is 122 g/mol. The molecule has 48 valence electrons. The SMILES string of the molecule is C[PH+](C)C(C)(O)O.[B-]. The molecule has 4 radical (unpaired) electrons. The van der Waals surface area contributed by atoms with Gasteiger partial charge in [0.1, 0.15) is 0 Å². The van der Waals surface area contributed by atoms with Crippen LogP contribution in [-0.4, -0.2) is 37.5 Å². The van der Waals surface area contributed by atoms with Crippen LogP contribution < -0.4 is 0 Å². The van der Waals surface area contributed by atoms with Gasteiger partial charge in [-0.2, -0.15) is 0 Å². The number of rotatable bonds is 1.